The van der Waals surface area contributed by atoms with E-state index in [1.165, 1.54) is 30.2 Å². The summed E-state index contributed by atoms with van der Waals surface area (Å²) < 4.78 is 2.09. The van der Waals surface area contributed by atoms with E-state index in [2.05, 4.69) is 31.7 Å². The second-order valence-corrected chi connectivity index (χ2v) is 10.3. The van der Waals surface area contributed by atoms with Gasteiger partial charge in [0.2, 0.25) is 0 Å². The predicted octanol–water partition coefficient (Wildman–Crippen LogP) is 6.13. The number of nitrogens with one attached hydrogen (secondary N) is 1. The third-order valence-electron chi connectivity index (χ3n) is 6.66. The number of nitrogens with zero attached hydrogens (tertiary/aromatic N) is 3. The van der Waals surface area contributed by atoms with Gasteiger partial charge < -0.3 is 10.2 Å². The predicted molar refractivity (Wildman–Crippen MR) is 150 cm³/mol. The first-order valence-electron chi connectivity index (χ1n) is 11.8. The Hall–Kier alpha value is -1.70. The molecule has 0 saturated carbocycles. The van der Waals surface area contributed by atoms with Crippen LogP contribution in [0.15, 0.2) is 58.6 Å². The van der Waals surface area contributed by atoms with Crippen LogP contribution in [0.2, 0.25) is 5.02 Å². The fraction of sp³-hybridized carbons (Fsp3) is 0.385. The average Bonchev–Trinajstić information content (AvgIpc) is 3.26. The molecule has 2 aromatic heterocycles. The van der Waals surface area contributed by atoms with Gasteiger partial charge in [0.1, 0.15) is 5.65 Å². The fourth-order valence-electron chi connectivity index (χ4n) is 4.77. The minimum Gasteiger partial charge on any atom is -0.352 e. The zero-order valence-corrected chi connectivity index (χ0v) is 22.7. The van der Waals surface area contributed by atoms with E-state index in [0.29, 0.717) is 5.92 Å². The Labute approximate surface area is 228 Å². The van der Waals surface area contributed by atoms with Crippen molar-refractivity contribution in [2.75, 3.05) is 26.2 Å². The van der Waals surface area contributed by atoms with Crippen molar-refractivity contribution < 1.29 is 4.79 Å². The molecule has 1 saturated heterocycles. The Morgan fingerprint density at radius 2 is 1.91 bits per heavy atom. The summed E-state index contributed by atoms with van der Waals surface area (Å²) in [5.41, 5.74) is 3.13. The summed E-state index contributed by atoms with van der Waals surface area (Å²) in [5.74, 6) is 0.703. The molecule has 5 rings (SSSR count). The van der Waals surface area contributed by atoms with Gasteiger partial charge in [0.25, 0.3) is 5.91 Å². The van der Waals surface area contributed by atoms with Gasteiger partial charge in [-0.05, 0) is 87.5 Å². The molecular formula is C26H31Cl3N4OS. The molecule has 0 atom stereocenters. The molecule has 2 aliphatic rings. The van der Waals surface area contributed by atoms with Crippen LogP contribution in [0.5, 0.6) is 0 Å². The Morgan fingerprint density at radius 1 is 1.11 bits per heavy atom. The van der Waals surface area contributed by atoms with Crippen molar-refractivity contribution in [2.45, 2.75) is 37.1 Å². The molecule has 35 heavy (non-hydrogen) atoms. The molecule has 1 amide bonds. The maximum Gasteiger partial charge on any atom is 0.258 e. The smallest absolute Gasteiger partial charge is 0.258 e. The van der Waals surface area contributed by atoms with Gasteiger partial charge in [-0.25, -0.2) is 4.98 Å². The molecule has 4 heterocycles. The number of benzene rings is 1. The van der Waals surface area contributed by atoms with E-state index in [0.717, 1.165) is 71.7 Å². The lowest BCUT2D eigenvalue weighted by Crippen LogP contribution is -2.36. The largest absolute Gasteiger partial charge is 0.352 e. The van der Waals surface area contributed by atoms with Crippen molar-refractivity contribution in [2.24, 2.45) is 5.92 Å². The number of rotatable bonds is 8. The monoisotopic (exact) mass is 552 g/mol. The number of hydrogen-bond acceptors (Lipinski definition) is 4. The summed E-state index contributed by atoms with van der Waals surface area (Å²) in [4.78, 5) is 20.5. The number of hydrogen-bond donors (Lipinski definition) is 1. The zero-order chi connectivity index (χ0) is 22.6. The summed E-state index contributed by atoms with van der Waals surface area (Å²) >= 11 is 7.78. The van der Waals surface area contributed by atoms with Gasteiger partial charge in [-0.1, -0.05) is 47.6 Å². The minimum atomic E-state index is 0. The van der Waals surface area contributed by atoms with Crippen LogP contribution in [-0.2, 0) is 11.2 Å². The van der Waals surface area contributed by atoms with E-state index < -0.39 is 0 Å². The normalized spacial score (nSPS) is 15.7. The standard InChI is InChI=1S/C26H29ClN4OS.2ClH/c27-22-7-2-1-5-20(22)6-4-14-30-15-11-19(12-16-30)10-13-28-26(32)23-17-21-18-29-24-8-3-9-25(33-23)31(21)24;;/h1-3,5,7-9,17-19H,4,6,10-16H2,(H,28,32);2*1H. The third kappa shape index (κ3) is 6.75. The number of imidazole rings is 1. The molecule has 0 unspecified atom stereocenters. The van der Waals surface area contributed by atoms with Crippen molar-refractivity contribution in [3.05, 3.63) is 69.8 Å². The highest BCUT2D eigenvalue weighted by molar-refractivity contribution is 8.04. The molecule has 0 radical (unpaired) electrons. The van der Waals surface area contributed by atoms with Crippen molar-refractivity contribution in [1.82, 2.24) is 19.6 Å². The molecule has 9 heteroatoms. The van der Waals surface area contributed by atoms with Gasteiger partial charge in [-0.3, -0.25) is 9.20 Å². The fourth-order valence-corrected chi connectivity index (χ4v) is 6.01. The third-order valence-corrected chi connectivity index (χ3v) is 8.08. The quantitative estimate of drug-likeness (QED) is 0.365. The number of piperidine rings is 1. The molecule has 2 aliphatic heterocycles. The van der Waals surface area contributed by atoms with Crippen LogP contribution in [-0.4, -0.2) is 46.4 Å². The second-order valence-electron chi connectivity index (χ2n) is 8.88. The van der Waals surface area contributed by atoms with Crippen molar-refractivity contribution >= 4 is 65.8 Å². The van der Waals surface area contributed by atoms with Crippen LogP contribution in [0.1, 0.15) is 36.9 Å². The highest BCUT2D eigenvalue weighted by Crippen LogP contribution is 2.34. The molecule has 3 aromatic rings. The summed E-state index contributed by atoms with van der Waals surface area (Å²) in [5, 5.41) is 5.05. The van der Waals surface area contributed by atoms with Crippen LogP contribution >= 0.6 is 48.2 Å². The van der Waals surface area contributed by atoms with Gasteiger partial charge in [0.15, 0.2) is 0 Å². The number of pyridine rings is 1. The first kappa shape index (κ1) is 27.9. The summed E-state index contributed by atoms with van der Waals surface area (Å²) in [6, 6.07) is 14.1. The lowest BCUT2D eigenvalue weighted by Gasteiger charge is -2.32. The van der Waals surface area contributed by atoms with Gasteiger partial charge >= 0.3 is 0 Å². The van der Waals surface area contributed by atoms with Crippen LogP contribution in [0, 0.1) is 5.92 Å². The highest BCUT2D eigenvalue weighted by atomic mass is 35.5. The number of aromatic nitrogens is 2. The number of aryl methyl sites for hydroxylation is 1. The van der Waals surface area contributed by atoms with E-state index in [1.807, 2.05) is 42.6 Å². The first-order chi connectivity index (χ1) is 16.2. The molecule has 188 valence electrons. The van der Waals surface area contributed by atoms with Gasteiger partial charge in [-0.2, -0.15) is 0 Å². The number of carbonyl (C=O) groups excluding carboxylic acids is 1. The minimum absolute atomic E-state index is 0. The lowest BCUT2D eigenvalue weighted by atomic mass is 9.93. The topological polar surface area (TPSA) is 49.6 Å². The Balaban J connectivity index is 0.00000171. The van der Waals surface area contributed by atoms with E-state index in [4.69, 9.17) is 11.6 Å². The summed E-state index contributed by atoms with van der Waals surface area (Å²) in [6.45, 7) is 4.16. The second kappa shape index (κ2) is 13.0. The Morgan fingerprint density at radius 3 is 2.71 bits per heavy atom. The Bertz CT molecular complexity index is 1170. The zero-order valence-electron chi connectivity index (χ0n) is 19.5. The van der Waals surface area contributed by atoms with Gasteiger partial charge in [0, 0.05) is 11.6 Å². The average molecular weight is 554 g/mol. The number of halogens is 3. The van der Waals surface area contributed by atoms with Crippen molar-refractivity contribution in [3.8, 4) is 0 Å². The van der Waals surface area contributed by atoms with E-state index in [9.17, 15) is 4.79 Å². The van der Waals surface area contributed by atoms with Gasteiger partial charge in [-0.15, -0.1) is 24.8 Å². The molecule has 1 fully saturated rings. The molecule has 5 nitrogen and oxygen atoms in total. The first-order valence-corrected chi connectivity index (χ1v) is 13.0. The van der Waals surface area contributed by atoms with E-state index >= 15 is 0 Å². The highest BCUT2D eigenvalue weighted by Gasteiger charge is 2.21. The molecule has 1 N–H and O–H groups in total. The molecule has 1 aromatic carbocycles. The lowest BCUT2D eigenvalue weighted by molar-refractivity contribution is -0.116. The molecular weight excluding hydrogens is 523 g/mol. The SMILES string of the molecule is Cl.Cl.O=C(NCCC1CCN(CCCc2ccccc2Cl)CC1)C1=Cc2cnc3cccc(n23)S1. The maximum absolute atomic E-state index is 12.8. The van der Waals surface area contributed by atoms with Crippen LogP contribution in [0.3, 0.4) is 0 Å². The van der Waals surface area contributed by atoms with E-state index in [1.54, 1.807) is 0 Å². The molecule has 0 bridgehead atoms. The van der Waals surface area contributed by atoms with Crippen LogP contribution in [0.4, 0.5) is 0 Å². The Kier molecular flexibility index (Phi) is 10.4. The van der Waals surface area contributed by atoms with E-state index in [-0.39, 0.29) is 30.7 Å². The van der Waals surface area contributed by atoms with Crippen molar-refractivity contribution in [3.63, 3.8) is 0 Å². The van der Waals surface area contributed by atoms with Gasteiger partial charge in [0.05, 0.1) is 21.8 Å². The summed E-state index contributed by atoms with van der Waals surface area (Å²) in [7, 11) is 0. The van der Waals surface area contributed by atoms with Crippen molar-refractivity contribution in [1.29, 1.82) is 0 Å². The molecule has 0 aliphatic carbocycles. The summed E-state index contributed by atoms with van der Waals surface area (Å²) in [6.07, 6.45) is 9.41. The number of thioether (sulfide) groups is 1. The number of carbonyl (C=O) groups is 1. The van der Waals surface area contributed by atoms with Crippen LogP contribution < -0.4 is 5.32 Å². The molecule has 0 spiro atoms. The maximum atomic E-state index is 12.8. The number of likely N-dealkylation sites (tertiary alicyclic amines) is 1. The van der Waals surface area contributed by atoms with Crippen LogP contribution in [0.25, 0.3) is 11.7 Å². The number of amides is 1.